The number of nitrogens with two attached hydrogens (primary N) is 1. The Kier molecular flexibility index (Phi) is 3.42. The summed E-state index contributed by atoms with van der Waals surface area (Å²) >= 11 is 0.596. The Hall–Kier alpha value is -0.660. The molecule has 0 amide bonds. The summed E-state index contributed by atoms with van der Waals surface area (Å²) in [7, 11) is 1.54. The van der Waals surface area contributed by atoms with Crippen molar-refractivity contribution in [1.29, 1.82) is 0 Å². The molecular formula is C10H13F3N2OS. The molecule has 2 atom stereocenters. The van der Waals surface area contributed by atoms with E-state index in [0.29, 0.717) is 22.1 Å². The first-order chi connectivity index (χ1) is 7.93. The standard InChI is InChI=1S/C10H13F3N2OS/c1-16-8(5-2-3-5)7(14)6-4-15-9(17-6)10(11,12)13/h4-5,7-8H,2-3,14H2,1H3. The van der Waals surface area contributed by atoms with E-state index in [-0.39, 0.29) is 6.10 Å². The van der Waals surface area contributed by atoms with E-state index in [0.717, 1.165) is 12.8 Å². The molecule has 1 aromatic heterocycles. The molecule has 0 aliphatic heterocycles. The van der Waals surface area contributed by atoms with Gasteiger partial charge in [0.25, 0.3) is 0 Å². The highest BCUT2D eigenvalue weighted by Crippen LogP contribution is 2.41. The molecule has 1 aliphatic rings. The van der Waals surface area contributed by atoms with Crippen LogP contribution in [0.25, 0.3) is 0 Å². The van der Waals surface area contributed by atoms with E-state index in [1.54, 1.807) is 0 Å². The van der Waals surface area contributed by atoms with Gasteiger partial charge in [0.2, 0.25) is 0 Å². The highest BCUT2D eigenvalue weighted by molar-refractivity contribution is 7.11. The Morgan fingerprint density at radius 2 is 2.18 bits per heavy atom. The largest absolute Gasteiger partial charge is 0.443 e. The summed E-state index contributed by atoms with van der Waals surface area (Å²) in [5.74, 6) is 0.367. The molecule has 0 aromatic carbocycles. The van der Waals surface area contributed by atoms with E-state index in [9.17, 15) is 13.2 Å². The monoisotopic (exact) mass is 266 g/mol. The van der Waals surface area contributed by atoms with Crippen LogP contribution in [0.4, 0.5) is 13.2 Å². The zero-order valence-electron chi connectivity index (χ0n) is 9.20. The number of halogens is 3. The number of hydrogen-bond donors (Lipinski definition) is 1. The zero-order valence-corrected chi connectivity index (χ0v) is 10.0. The molecule has 3 nitrogen and oxygen atoms in total. The quantitative estimate of drug-likeness (QED) is 0.911. The molecular weight excluding hydrogens is 253 g/mol. The number of aromatic nitrogens is 1. The summed E-state index contributed by atoms with van der Waals surface area (Å²) in [5.41, 5.74) is 5.93. The summed E-state index contributed by atoms with van der Waals surface area (Å²) in [6.07, 6.45) is -1.36. The number of rotatable bonds is 4. The number of thiazole rings is 1. The summed E-state index contributed by atoms with van der Waals surface area (Å²) in [6, 6.07) is -0.527. The fourth-order valence-corrected chi connectivity index (χ4v) is 2.61. The number of methoxy groups -OCH3 is 1. The lowest BCUT2D eigenvalue weighted by Crippen LogP contribution is -2.29. The molecule has 0 spiro atoms. The van der Waals surface area contributed by atoms with Crippen LogP contribution in [-0.4, -0.2) is 18.2 Å². The SMILES string of the molecule is COC(C1CC1)C(N)c1cnc(C(F)(F)F)s1. The molecule has 0 radical (unpaired) electrons. The van der Waals surface area contributed by atoms with Crippen LogP contribution in [0.3, 0.4) is 0 Å². The van der Waals surface area contributed by atoms with Gasteiger partial charge in [-0.25, -0.2) is 4.98 Å². The van der Waals surface area contributed by atoms with Gasteiger partial charge < -0.3 is 10.5 Å². The zero-order chi connectivity index (χ0) is 12.6. The van der Waals surface area contributed by atoms with Crippen molar-refractivity contribution in [2.75, 3.05) is 7.11 Å². The average Bonchev–Trinajstić information content (AvgIpc) is 2.94. The predicted octanol–water partition coefficient (Wildman–Crippen LogP) is 2.59. The van der Waals surface area contributed by atoms with Crippen LogP contribution in [0.5, 0.6) is 0 Å². The van der Waals surface area contributed by atoms with Crippen molar-refractivity contribution in [3.05, 3.63) is 16.1 Å². The molecule has 0 saturated heterocycles. The maximum Gasteiger partial charge on any atom is 0.443 e. The molecule has 2 rings (SSSR count). The van der Waals surface area contributed by atoms with Crippen LogP contribution >= 0.6 is 11.3 Å². The Morgan fingerprint density at radius 1 is 1.53 bits per heavy atom. The molecule has 2 N–H and O–H groups in total. The van der Waals surface area contributed by atoms with Gasteiger partial charge in [0.1, 0.15) is 0 Å². The Labute approximate surface area is 101 Å². The smallest absolute Gasteiger partial charge is 0.379 e. The molecule has 1 saturated carbocycles. The topological polar surface area (TPSA) is 48.1 Å². The molecule has 1 aromatic rings. The number of nitrogens with zero attached hydrogens (tertiary/aromatic N) is 1. The van der Waals surface area contributed by atoms with E-state index in [1.165, 1.54) is 13.3 Å². The minimum Gasteiger partial charge on any atom is -0.379 e. The van der Waals surface area contributed by atoms with Gasteiger partial charge >= 0.3 is 6.18 Å². The van der Waals surface area contributed by atoms with Gasteiger partial charge in [-0.3, -0.25) is 0 Å². The van der Waals surface area contributed by atoms with Gasteiger partial charge in [-0.2, -0.15) is 13.2 Å². The number of ether oxygens (including phenoxy) is 1. The molecule has 17 heavy (non-hydrogen) atoms. The molecule has 1 aliphatic carbocycles. The van der Waals surface area contributed by atoms with Crippen molar-refractivity contribution >= 4 is 11.3 Å². The fraction of sp³-hybridized carbons (Fsp3) is 0.700. The van der Waals surface area contributed by atoms with E-state index in [1.807, 2.05) is 0 Å². The highest BCUT2D eigenvalue weighted by Gasteiger charge is 2.39. The van der Waals surface area contributed by atoms with Crippen molar-refractivity contribution in [2.45, 2.75) is 31.2 Å². The summed E-state index contributed by atoms with van der Waals surface area (Å²) in [5, 5.41) is -0.853. The summed E-state index contributed by atoms with van der Waals surface area (Å²) in [6.45, 7) is 0. The molecule has 7 heteroatoms. The Balaban J connectivity index is 2.13. The van der Waals surface area contributed by atoms with Crippen LogP contribution in [-0.2, 0) is 10.9 Å². The first kappa shape index (κ1) is 12.8. The van der Waals surface area contributed by atoms with Gasteiger partial charge in [0.05, 0.1) is 12.1 Å². The van der Waals surface area contributed by atoms with Gasteiger partial charge in [-0.05, 0) is 18.8 Å². The molecule has 0 bridgehead atoms. The van der Waals surface area contributed by atoms with E-state index < -0.39 is 17.2 Å². The first-order valence-corrected chi connectivity index (χ1v) is 6.06. The lowest BCUT2D eigenvalue weighted by Gasteiger charge is -2.20. The summed E-state index contributed by atoms with van der Waals surface area (Å²) in [4.78, 5) is 3.79. The Bertz CT molecular complexity index is 389. The average molecular weight is 266 g/mol. The fourth-order valence-electron chi connectivity index (χ4n) is 1.79. The maximum absolute atomic E-state index is 12.4. The van der Waals surface area contributed by atoms with Crippen molar-refractivity contribution in [3.8, 4) is 0 Å². The number of alkyl halides is 3. The van der Waals surface area contributed by atoms with Crippen molar-refractivity contribution in [3.63, 3.8) is 0 Å². The van der Waals surface area contributed by atoms with Crippen molar-refractivity contribution < 1.29 is 17.9 Å². The Morgan fingerprint density at radius 3 is 2.59 bits per heavy atom. The molecule has 1 heterocycles. The van der Waals surface area contributed by atoms with Gasteiger partial charge in [0.15, 0.2) is 5.01 Å². The van der Waals surface area contributed by atoms with Crippen LogP contribution in [0, 0.1) is 5.92 Å². The third-order valence-corrected chi connectivity index (χ3v) is 3.95. The van der Waals surface area contributed by atoms with Gasteiger partial charge in [-0.1, -0.05) is 0 Å². The lowest BCUT2D eigenvalue weighted by molar-refractivity contribution is -0.137. The molecule has 1 fully saturated rings. The first-order valence-electron chi connectivity index (χ1n) is 5.24. The summed E-state index contributed by atoms with van der Waals surface area (Å²) < 4.78 is 42.4. The second-order valence-electron chi connectivity index (χ2n) is 4.13. The maximum atomic E-state index is 12.4. The van der Waals surface area contributed by atoms with E-state index in [2.05, 4.69) is 4.98 Å². The normalized spacial score (nSPS) is 20.3. The van der Waals surface area contributed by atoms with E-state index >= 15 is 0 Å². The van der Waals surface area contributed by atoms with Crippen LogP contribution in [0.2, 0.25) is 0 Å². The van der Waals surface area contributed by atoms with Crippen molar-refractivity contribution in [2.24, 2.45) is 11.7 Å². The van der Waals surface area contributed by atoms with Crippen molar-refractivity contribution in [1.82, 2.24) is 4.98 Å². The van der Waals surface area contributed by atoms with Crippen LogP contribution < -0.4 is 5.73 Å². The molecule has 96 valence electrons. The van der Waals surface area contributed by atoms with Gasteiger partial charge in [0, 0.05) is 18.2 Å². The van der Waals surface area contributed by atoms with E-state index in [4.69, 9.17) is 10.5 Å². The van der Waals surface area contributed by atoms with Crippen LogP contribution in [0.1, 0.15) is 28.8 Å². The van der Waals surface area contributed by atoms with Gasteiger partial charge in [-0.15, -0.1) is 11.3 Å². The van der Waals surface area contributed by atoms with Crippen LogP contribution in [0.15, 0.2) is 6.20 Å². The minimum absolute atomic E-state index is 0.212. The number of hydrogen-bond acceptors (Lipinski definition) is 4. The molecule has 2 unspecified atom stereocenters. The minimum atomic E-state index is -4.40. The lowest BCUT2D eigenvalue weighted by atomic mass is 10.1. The predicted molar refractivity (Wildman–Crippen MR) is 57.6 cm³/mol. The second-order valence-corrected chi connectivity index (χ2v) is 5.19. The third-order valence-electron chi connectivity index (χ3n) is 2.81. The highest BCUT2D eigenvalue weighted by atomic mass is 32.1. The second kappa shape index (κ2) is 4.55. The third kappa shape index (κ3) is 2.78.